The highest BCUT2D eigenvalue weighted by Gasteiger charge is 2.27. The third-order valence-electron chi connectivity index (χ3n) is 5.44. The van der Waals surface area contributed by atoms with Gasteiger partial charge in [-0.3, -0.25) is 0 Å². The van der Waals surface area contributed by atoms with Crippen molar-refractivity contribution < 1.29 is 35.0 Å². The monoisotopic (exact) mass is 466 g/mol. The highest BCUT2D eigenvalue weighted by atomic mass is 35.5. The van der Waals surface area contributed by atoms with Crippen LogP contribution < -0.4 is 4.74 Å². The van der Waals surface area contributed by atoms with Crippen molar-refractivity contribution in [2.45, 2.75) is 56.2 Å². The van der Waals surface area contributed by atoms with E-state index in [9.17, 15) is 20.4 Å². The summed E-state index contributed by atoms with van der Waals surface area (Å²) in [5.74, 6) is 0.765. The predicted octanol–water partition coefficient (Wildman–Crippen LogP) is 1.99. The van der Waals surface area contributed by atoms with Gasteiger partial charge in [-0.05, 0) is 54.2 Å². The van der Waals surface area contributed by atoms with Crippen molar-refractivity contribution in [3.8, 4) is 5.75 Å². The molecule has 0 saturated heterocycles. The predicted molar refractivity (Wildman–Crippen MR) is 120 cm³/mol. The lowest BCUT2D eigenvalue weighted by Gasteiger charge is -2.24. The van der Waals surface area contributed by atoms with Crippen LogP contribution in [0.2, 0.25) is 5.02 Å². The molecule has 2 aromatic carbocycles. The Morgan fingerprint density at radius 2 is 1.66 bits per heavy atom. The van der Waals surface area contributed by atoms with Gasteiger partial charge in [-0.25, -0.2) is 0 Å². The molecule has 3 rings (SSSR count). The van der Waals surface area contributed by atoms with Crippen LogP contribution in [0, 0.1) is 0 Å². The fraction of sp³-hybridized carbons (Fsp3) is 0.500. The molecule has 1 unspecified atom stereocenters. The molecule has 1 saturated carbocycles. The Hall–Kier alpha value is -1.71. The SMILES string of the molecule is OC[C@H](O)[C@@H](O)[C@H](O)CC(O)c1ccc(Cl)c(Cc2ccc(OCCOC3CC3)cc2)c1. The Morgan fingerprint density at radius 3 is 2.31 bits per heavy atom. The van der Waals surface area contributed by atoms with Gasteiger partial charge in [-0.2, -0.15) is 0 Å². The lowest BCUT2D eigenvalue weighted by Crippen LogP contribution is -2.40. The van der Waals surface area contributed by atoms with Crippen molar-refractivity contribution in [3.63, 3.8) is 0 Å². The van der Waals surface area contributed by atoms with Gasteiger partial charge >= 0.3 is 0 Å². The molecular weight excluding hydrogens is 436 g/mol. The summed E-state index contributed by atoms with van der Waals surface area (Å²) in [7, 11) is 0. The summed E-state index contributed by atoms with van der Waals surface area (Å²) in [4.78, 5) is 0. The Kier molecular flexibility index (Phi) is 9.31. The van der Waals surface area contributed by atoms with Crippen LogP contribution in [-0.2, 0) is 11.2 Å². The summed E-state index contributed by atoms with van der Waals surface area (Å²) in [6.07, 6.45) is -2.45. The molecular formula is C24H31ClO7. The van der Waals surface area contributed by atoms with Gasteiger partial charge in [-0.1, -0.05) is 35.9 Å². The van der Waals surface area contributed by atoms with E-state index in [0.29, 0.717) is 36.3 Å². The van der Waals surface area contributed by atoms with Crippen LogP contribution in [0.1, 0.15) is 42.1 Å². The topological polar surface area (TPSA) is 120 Å². The van der Waals surface area contributed by atoms with Crippen LogP contribution in [0.25, 0.3) is 0 Å². The first-order valence-electron chi connectivity index (χ1n) is 10.8. The molecule has 32 heavy (non-hydrogen) atoms. The fourth-order valence-corrected chi connectivity index (χ4v) is 3.52. The minimum Gasteiger partial charge on any atom is -0.491 e. The van der Waals surface area contributed by atoms with Crippen molar-refractivity contribution in [2.75, 3.05) is 19.8 Å². The van der Waals surface area contributed by atoms with E-state index in [1.54, 1.807) is 18.2 Å². The first-order valence-corrected chi connectivity index (χ1v) is 11.2. The molecule has 1 aliphatic rings. The Morgan fingerprint density at radius 1 is 0.938 bits per heavy atom. The number of hydrogen-bond acceptors (Lipinski definition) is 7. The Bertz CT molecular complexity index is 841. The average molecular weight is 467 g/mol. The van der Waals surface area contributed by atoms with Crippen molar-refractivity contribution in [1.29, 1.82) is 0 Å². The largest absolute Gasteiger partial charge is 0.491 e. The molecule has 8 heteroatoms. The first-order chi connectivity index (χ1) is 15.4. The summed E-state index contributed by atoms with van der Waals surface area (Å²) >= 11 is 6.34. The number of benzene rings is 2. The van der Waals surface area contributed by atoms with E-state index in [4.69, 9.17) is 26.2 Å². The number of rotatable bonds is 13. The molecule has 1 aliphatic carbocycles. The zero-order valence-corrected chi connectivity index (χ0v) is 18.6. The molecule has 0 aromatic heterocycles. The van der Waals surface area contributed by atoms with E-state index < -0.39 is 31.0 Å². The standard InChI is InChI=1S/C24H31ClO7/c25-20-8-3-16(21(27)13-22(28)24(30)23(29)14-26)12-17(20)11-15-1-4-18(5-2-15)31-9-10-32-19-6-7-19/h1-5,8,12,19,21-24,26-30H,6-7,9-11,13-14H2/t21?,22-,23+,24+/m1/s1. The van der Waals surface area contributed by atoms with Crippen LogP contribution in [0.5, 0.6) is 5.75 Å². The minimum absolute atomic E-state index is 0.199. The normalized spacial score (nSPS) is 17.6. The van der Waals surface area contributed by atoms with Gasteiger partial charge in [0.25, 0.3) is 0 Å². The number of hydrogen-bond donors (Lipinski definition) is 5. The van der Waals surface area contributed by atoms with E-state index >= 15 is 0 Å². The second-order valence-corrected chi connectivity index (χ2v) is 8.56. The molecule has 0 radical (unpaired) electrons. The molecule has 4 atom stereocenters. The molecule has 0 aliphatic heterocycles. The van der Waals surface area contributed by atoms with Crippen LogP contribution in [-0.4, -0.2) is 69.8 Å². The zero-order valence-electron chi connectivity index (χ0n) is 17.8. The highest BCUT2D eigenvalue weighted by molar-refractivity contribution is 6.31. The van der Waals surface area contributed by atoms with Gasteiger partial charge in [0.05, 0.1) is 31.5 Å². The van der Waals surface area contributed by atoms with Gasteiger partial charge in [0, 0.05) is 11.4 Å². The molecule has 7 nitrogen and oxygen atoms in total. The van der Waals surface area contributed by atoms with E-state index in [1.165, 1.54) is 0 Å². The summed E-state index contributed by atoms with van der Waals surface area (Å²) < 4.78 is 11.2. The minimum atomic E-state index is -1.55. The van der Waals surface area contributed by atoms with Gasteiger partial charge in [0.1, 0.15) is 24.6 Å². The van der Waals surface area contributed by atoms with E-state index in [-0.39, 0.29) is 6.42 Å². The average Bonchev–Trinajstić information content (AvgIpc) is 3.62. The van der Waals surface area contributed by atoms with Gasteiger partial charge in [0.2, 0.25) is 0 Å². The number of aliphatic hydroxyl groups is 5. The van der Waals surface area contributed by atoms with Crippen LogP contribution in [0.15, 0.2) is 42.5 Å². The lowest BCUT2D eigenvalue weighted by atomic mass is 9.95. The van der Waals surface area contributed by atoms with E-state index in [2.05, 4.69) is 0 Å². The lowest BCUT2D eigenvalue weighted by molar-refractivity contribution is -0.0880. The zero-order chi connectivity index (χ0) is 23.1. The third-order valence-corrected chi connectivity index (χ3v) is 5.81. The van der Waals surface area contributed by atoms with Crippen LogP contribution >= 0.6 is 11.6 Å². The molecule has 1 fully saturated rings. The molecule has 0 amide bonds. The van der Waals surface area contributed by atoms with Crippen molar-refractivity contribution in [3.05, 3.63) is 64.2 Å². The molecule has 5 N–H and O–H groups in total. The maximum absolute atomic E-state index is 10.5. The molecule has 176 valence electrons. The number of halogens is 1. The Labute approximate surface area is 192 Å². The van der Waals surface area contributed by atoms with Crippen molar-refractivity contribution in [2.24, 2.45) is 0 Å². The molecule has 0 bridgehead atoms. The number of aliphatic hydroxyl groups excluding tert-OH is 5. The van der Waals surface area contributed by atoms with Gasteiger partial charge in [-0.15, -0.1) is 0 Å². The first kappa shape index (κ1) is 24.9. The van der Waals surface area contributed by atoms with Gasteiger partial charge in [0.15, 0.2) is 0 Å². The summed E-state index contributed by atoms with van der Waals surface area (Å²) in [6.45, 7) is 0.413. The maximum atomic E-state index is 10.5. The third kappa shape index (κ3) is 7.42. The van der Waals surface area contributed by atoms with Crippen LogP contribution in [0.3, 0.4) is 0 Å². The Balaban J connectivity index is 1.56. The van der Waals surface area contributed by atoms with Crippen molar-refractivity contribution >= 4 is 11.6 Å². The summed E-state index contributed by atoms with van der Waals surface area (Å²) in [6, 6.07) is 12.8. The quantitative estimate of drug-likeness (QED) is 0.286. The maximum Gasteiger partial charge on any atom is 0.119 e. The molecule has 0 heterocycles. The molecule has 0 spiro atoms. The summed E-state index contributed by atoms with van der Waals surface area (Å²) in [5.41, 5.74) is 2.35. The van der Waals surface area contributed by atoms with Gasteiger partial charge < -0.3 is 35.0 Å². The second kappa shape index (κ2) is 12.0. The number of ether oxygens (including phenoxy) is 2. The fourth-order valence-electron chi connectivity index (χ4n) is 3.34. The highest BCUT2D eigenvalue weighted by Crippen LogP contribution is 2.27. The molecule has 2 aromatic rings. The smallest absolute Gasteiger partial charge is 0.119 e. The second-order valence-electron chi connectivity index (χ2n) is 8.15. The van der Waals surface area contributed by atoms with Crippen LogP contribution in [0.4, 0.5) is 0 Å². The van der Waals surface area contributed by atoms with E-state index in [0.717, 1.165) is 29.7 Å². The van der Waals surface area contributed by atoms with Crippen molar-refractivity contribution in [1.82, 2.24) is 0 Å². The summed E-state index contributed by atoms with van der Waals surface area (Å²) in [5, 5.41) is 49.2. The van der Waals surface area contributed by atoms with E-state index in [1.807, 2.05) is 24.3 Å².